The highest BCUT2D eigenvalue weighted by atomic mass is 19.1. The molecule has 0 N–H and O–H groups in total. The third-order valence-electron chi connectivity index (χ3n) is 4.77. The van der Waals surface area contributed by atoms with Crippen LogP contribution >= 0.6 is 0 Å². The second-order valence-corrected chi connectivity index (χ2v) is 6.57. The van der Waals surface area contributed by atoms with E-state index in [1.165, 1.54) is 29.9 Å². The summed E-state index contributed by atoms with van der Waals surface area (Å²) < 4.78 is 14.9. The predicted molar refractivity (Wildman–Crippen MR) is 92.8 cm³/mol. The van der Waals surface area contributed by atoms with E-state index in [-0.39, 0.29) is 23.0 Å². The summed E-state index contributed by atoms with van der Waals surface area (Å²) in [6.45, 7) is 1.34. The molecule has 1 unspecified atom stereocenters. The SMILES string of the molecule is Cn1nc(C(=O)N2CCCC(CCc3ccccc3F)C2)ccc1=O. The number of carbonyl (C=O) groups excluding carboxylic acids is 1. The standard InChI is InChI=1S/C19H22FN3O2/c1-22-18(24)11-10-17(21-22)19(25)23-12-4-5-14(13-23)8-9-15-6-2-3-7-16(15)20/h2-3,6-7,10-11,14H,4-5,8-9,12-13H2,1H3. The number of nitrogens with zero attached hydrogens (tertiary/aromatic N) is 3. The molecule has 0 saturated carbocycles. The monoisotopic (exact) mass is 343 g/mol. The maximum atomic E-state index is 13.7. The van der Waals surface area contributed by atoms with Gasteiger partial charge in [0.1, 0.15) is 11.5 Å². The van der Waals surface area contributed by atoms with Crippen molar-refractivity contribution in [3.05, 3.63) is 63.8 Å². The fraction of sp³-hybridized carbons (Fsp3) is 0.421. The van der Waals surface area contributed by atoms with Gasteiger partial charge in [0.15, 0.2) is 0 Å². The molecule has 5 nitrogen and oxygen atoms in total. The zero-order valence-corrected chi connectivity index (χ0v) is 14.3. The number of hydrogen-bond donors (Lipinski definition) is 0. The molecule has 1 aliphatic heterocycles. The van der Waals surface area contributed by atoms with Crippen LogP contribution in [0.1, 0.15) is 35.3 Å². The van der Waals surface area contributed by atoms with E-state index < -0.39 is 0 Å². The minimum atomic E-state index is -0.238. The van der Waals surface area contributed by atoms with Crippen LogP contribution in [-0.2, 0) is 13.5 Å². The molecule has 1 saturated heterocycles. The lowest BCUT2D eigenvalue weighted by atomic mass is 9.91. The Morgan fingerprint density at radius 2 is 2.08 bits per heavy atom. The van der Waals surface area contributed by atoms with Gasteiger partial charge in [-0.05, 0) is 49.3 Å². The van der Waals surface area contributed by atoms with Crippen molar-refractivity contribution in [3.8, 4) is 0 Å². The van der Waals surface area contributed by atoms with E-state index in [0.717, 1.165) is 24.8 Å². The van der Waals surface area contributed by atoms with E-state index in [9.17, 15) is 14.0 Å². The van der Waals surface area contributed by atoms with E-state index in [1.54, 1.807) is 11.0 Å². The predicted octanol–water partition coefficient (Wildman–Crippen LogP) is 2.40. The largest absolute Gasteiger partial charge is 0.337 e. The lowest BCUT2D eigenvalue weighted by Crippen LogP contribution is -2.41. The van der Waals surface area contributed by atoms with Crippen LogP contribution in [0.5, 0.6) is 0 Å². The van der Waals surface area contributed by atoms with Gasteiger partial charge in [0.25, 0.3) is 11.5 Å². The first kappa shape index (κ1) is 17.3. The van der Waals surface area contributed by atoms with Crippen LogP contribution in [0.3, 0.4) is 0 Å². The molecule has 6 heteroatoms. The second-order valence-electron chi connectivity index (χ2n) is 6.57. The van der Waals surface area contributed by atoms with Gasteiger partial charge < -0.3 is 4.90 Å². The Morgan fingerprint density at radius 1 is 1.28 bits per heavy atom. The third kappa shape index (κ3) is 4.13. The number of likely N-dealkylation sites (tertiary alicyclic amines) is 1. The molecule has 132 valence electrons. The number of hydrogen-bond acceptors (Lipinski definition) is 3. The summed E-state index contributed by atoms with van der Waals surface area (Å²) in [5, 5.41) is 4.04. The van der Waals surface area contributed by atoms with E-state index >= 15 is 0 Å². The van der Waals surface area contributed by atoms with Crippen molar-refractivity contribution in [3.63, 3.8) is 0 Å². The molecule has 25 heavy (non-hydrogen) atoms. The Kier molecular flexibility index (Phi) is 5.26. The third-order valence-corrected chi connectivity index (χ3v) is 4.77. The molecule has 3 rings (SSSR count). The Morgan fingerprint density at radius 3 is 2.84 bits per heavy atom. The van der Waals surface area contributed by atoms with Crippen molar-refractivity contribution in [1.29, 1.82) is 0 Å². The van der Waals surface area contributed by atoms with Crippen molar-refractivity contribution in [1.82, 2.24) is 14.7 Å². The maximum absolute atomic E-state index is 13.7. The summed E-state index contributed by atoms with van der Waals surface area (Å²) in [7, 11) is 1.53. The van der Waals surface area contributed by atoms with Crippen molar-refractivity contribution in [2.45, 2.75) is 25.7 Å². The van der Waals surface area contributed by atoms with Crippen LogP contribution in [-0.4, -0.2) is 33.7 Å². The van der Waals surface area contributed by atoms with E-state index in [1.807, 2.05) is 12.1 Å². The maximum Gasteiger partial charge on any atom is 0.274 e. The smallest absolute Gasteiger partial charge is 0.274 e. The number of rotatable bonds is 4. The van der Waals surface area contributed by atoms with Crippen molar-refractivity contribution < 1.29 is 9.18 Å². The molecule has 1 aliphatic rings. The summed E-state index contributed by atoms with van der Waals surface area (Å²) in [5.74, 6) is 0.0386. The average Bonchev–Trinajstić information content (AvgIpc) is 2.63. The lowest BCUT2D eigenvalue weighted by Gasteiger charge is -2.32. The minimum absolute atomic E-state index is 0.147. The van der Waals surface area contributed by atoms with Crippen molar-refractivity contribution >= 4 is 5.91 Å². The van der Waals surface area contributed by atoms with Gasteiger partial charge in [0, 0.05) is 26.2 Å². The molecular formula is C19H22FN3O2. The molecular weight excluding hydrogens is 321 g/mol. The van der Waals surface area contributed by atoms with Crippen LogP contribution in [0.2, 0.25) is 0 Å². The number of piperidine rings is 1. The van der Waals surface area contributed by atoms with Gasteiger partial charge in [0.05, 0.1) is 0 Å². The van der Waals surface area contributed by atoms with Gasteiger partial charge in [-0.2, -0.15) is 5.10 Å². The Balaban J connectivity index is 1.62. The van der Waals surface area contributed by atoms with Gasteiger partial charge in [0.2, 0.25) is 0 Å². The topological polar surface area (TPSA) is 55.2 Å². The molecule has 1 atom stereocenters. The first-order valence-electron chi connectivity index (χ1n) is 8.61. The Bertz CT molecular complexity index is 818. The van der Waals surface area contributed by atoms with Gasteiger partial charge >= 0.3 is 0 Å². The molecule has 2 aromatic rings. The number of amides is 1. The molecule has 1 amide bonds. The zero-order valence-electron chi connectivity index (χ0n) is 14.3. The number of aryl methyl sites for hydroxylation is 2. The average molecular weight is 343 g/mol. The van der Waals surface area contributed by atoms with Gasteiger partial charge in [-0.1, -0.05) is 18.2 Å². The normalized spacial score (nSPS) is 17.5. The van der Waals surface area contributed by atoms with Crippen LogP contribution in [0.4, 0.5) is 4.39 Å². The summed E-state index contributed by atoms with van der Waals surface area (Å²) in [4.78, 5) is 25.8. The molecule has 1 aromatic carbocycles. The quantitative estimate of drug-likeness (QED) is 0.857. The van der Waals surface area contributed by atoms with Crippen LogP contribution in [0.15, 0.2) is 41.2 Å². The Hall–Kier alpha value is -2.50. The molecule has 0 aliphatic carbocycles. The minimum Gasteiger partial charge on any atom is -0.337 e. The highest BCUT2D eigenvalue weighted by Crippen LogP contribution is 2.23. The first-order valence-corrected chi connectivity index (χ1v) is 8.61. The van der Waals surface area contributed by atoms with Gasteiger partial charge in [-0.25, -0.2) is 9.07 Å². The van der Waals surface area contributed by atoms with E-state index in [4.69, 9.17) is 0 Å². The summed E-state index contributed by atoms with van der Waals surface area (Å²) >= 11 is 0. The van der Waals surface area contributed by atoms with Crippen LogP contribution in [0.25, 0.3) is 0 Å². The second kappa shape index (κ2) is 7.59. The highest BCUT2D eigenvalue weighted by molar-refractivity contribution is 5.92. The fourth-order valence-corrected chi connectivity index (χ4v) is 3.32. The Labute approximate surface area is 146 Å². The van der Waals surface area contributed by atoms with Gasteiger partial charge in [-0.15, -0.1) is 0 Å². The van der Waals surface area contributed by atoms with Crippen molar-refractivity contribution in [2.24, 2.45) is 13.0 Å². The summed E-state index contributed by atoms with van der Waals surface area (Å²) in [6, 6.07) is 9.68. The molecule has 0 radical (unpaired) electrons. The molecule has 1 fully saturated rings. The number of aromatic nitrogens is 2. The fourth-order valence-electron chi connectivity index (χ4n) is 3.32. The summed E-state index contributed by atoms with van der Waals surface area (Å²) in [5.41, 5.74) is 0.778. The molecule has 0 bridgehead atoms. The first-order chi connectivity index (χ1) is 12.0. The highest BCUT2D eigenvalue weighted by Gasteiger charge is 2.25. The molecule has 0 spiro atoms. The number of carbonyl (C=O) groups is 1. The lowest BCUT2D eigenvalue weighted by molar-refractivity contribution is 0.0659. The number of benzene rings is 1. The van der Waals surface area contributed by atoms with Crippen LogP contribution < -0.4 is 5.56 Å². The zero-order chi connectivity index (χ0) is 17.8. The summed E-state index contributed by atoms with van der Waals surface area (Å²) in [6.07, 6.45) is 3.50. The molecule has 1 aromatic heterocycles. The van der Waals surface area contributed by atoms with Gasteiger partial charge in [-0.3, -0.25) is 9.59 Å². The number of halogens is 1. The van der Waals surface area contributed by atoms with Crippen LogP contribution in [0, 0.1) is 11.7 Å². The van der Waals surface area contributed by atoms with E-state index in [2.05, 4.69) is 5.10 Å². The van der Waals surface area contributed by atoms with E-state index in [0.29, 0.717) is 25.4 Å². The molecule has 2 heterocycles. The van der Waals surface area contributed by atoms with Crippen molar-refractivity contribution in [2.75, 3.05) is 13.1 Å².